The number of esters is 1. The summed E-state index contributed by atoms with van der Waals surface area (Å²) in [6, 6.07) is 0. The average Bonchev–Trinajstić information content (AvgIpc) is 2.42. The molecule has 108 valence electrons. The summed E-state index contributed by atoms with van der Waals surface area (Å²) < 4.78 is 62.9. The molecule has 3 nitrogen and oxygen atoms in total. The molecule has 0 saturated carbocycles. The number of hydrogen-bond acceptors (Lipinski definition) is 4. The second-order valence-corrected chi connectivity index (χ2v) is 4.95. The van der Waals surface area contributed by atoms with Crippen molar-refractivity contribution in [1.82, 2.24) is 0 Å². The Morgan fingerprint density at radius 3 is 2.35 bits per heavy atom. The van der Waals surface area contributed by atoms with E-state index in [4.69, 9.17) is 4.74 Å². The second-order valence-electron chi connectivity index (χ2n) is 3.72. The summed E-state index contributed by atoms with van der Waals surface area (Å²) in [7, 11) is 0. The summed E-state index contributed by atoms with van der Waals surface area (Å²) in [6.45, 7) is 2.98. The molecule has 0 radical (unpaired) electrons. The lowest BCUT2D eigenvalue weighted by Crippen LogP contribution is -2.18. The number of carbonyl (C=O) groups excluding carboxylic acids is 1. The fourth-order valence-electron chi connectivity index (χ4n) is 1.53. The van der Waals surface area contributed by atoms with E-state index in [1.54, 1.807) is 6.92 Å². The molecule has 2 rings (SSSR count). The van der Waals surface area contributed by atoms with Crippen molar-refractivity contribution in [3.05, 3.63) is 33.9 Å². The Kier molecular flexibility index (Phi) is 3.94. The second kappa shape index (κ2) is 5.35. The number of allylic oxidation sites excluding steroid dienone is 1. The van der Waals surface area contributed by atoms with E-state index < -0.39 is 39.9 Å². The minimum atomic E-state index is -2.00. The molecule has 0 N–H and O–H groups in total. The Morgan fingerprint density at radius 2 is 1.75 bits per heavy atom. The predicted molar refractivity (Wildman–Crippen MR) is 62.1 cm³/mol. The van der Waals surface area contributed by atoms with E-state index >= 15 is 0 Å². The van der Waals surface area contributed by atoms with Crippen LogP contribution in [-0.4, -0.2) is 12.6 Å². The highest BCUT2D eigenvalue weighted by atomic mass is 32.2. The average molecular weight is 308 g/mol. The molecule has 0 aromatic heterocycles. The molecular formula is C12H8F4O3S. The van der Waals surface area contributed by atoms with Crippen LogP contribution in [0.2, 0.25) is 0 Å². The molecule has 0 amide bonds. The smallest absolute Gasteiger partial charge is 0.375 e. The topological polar surface area (TPSA) is 35.5 Å². The van der Waals surface area contributed by atoms with Crippen LogP contribution in [0, 0.1) is 23.3 Å². The van der Waals surface area contributed by atoms with Crippen LogP contribution < -0.4 is 4.74 Å². The summed E-state index contributed by atoms with van der Waals surface area (Å²) in [5.74, 6) is -9.32. The molecule has 0 atom stereocenters. The molecule has 0 saturated heterocycles. The molecule has 20 heavy (non-hydrogen) atoms. The lowest BCUT2D eigenvalue weighted by Gasteiger charge is -2.21. The highest BCUT2D eigenvalue weighted by Gasteiger charge is 2.34. The Bertz CT molecular complexity index is 628. The molecule has 0 spiro atoms. The van der Waals surface area contributed by atoms with Crippen molar-refractivity contribution in [3.63, 3.8) is 0 Å². The normalized spacial score (nSPS) is 13.9. The van der Waals surface area contributed by atoms with E-state index in [1.165, 1.54) is 6.92 Å². The first kappa shape index (κ1) is 14.7. The maximum atomic E-state index is 13.6. The standard InChI is InChI=1S/C12H8F4O3S/c1-3-18-12(17)9-4(2)20-11-8(16)6(14)5(13)7(15)10(11)19-9/h3H2,1-2H3. The molecular weight excluding hydrogens is 300 g/mol. The Hall–Kier alpha value is -1.70. The molecule has 0 aliphatic carbocycles. The van der Waals surface area contributed by atoms with Crippen LogP contribution in [-0.2, 0) is 9.53 Å². The van der Waals surface area contributed by atoms with Crippen molar-refractivity contribution in [1.29, 1.82) is 0 Å². The first-order chi connectivity index (χ1) is 9.38. The molecule has 1 aromatic carbocycles. The van der Waals surface area contributed by atoms with Crippen LogP contribution >= 0.6 is 11.8 Å². The minimum Gasteiger partial charge on any atom is -0.460 e. The highest BCUT2D eigenvalue weighted by Crippen LogP contribution is 2.45. The molecule has 1 aliphatic rings. The zero-order valence-electron chi connectivity index (χ0n) is 10.4. The minimum absolute atomic E-state index is 0.0467. The van der Waals surface area contributed by atoms with Gasteiger partial charge >= 0.3 is 5.97 Å². The number of hydrogen-bond donors (Lipinski definition) is 0. The van der Waals surface area contributed by atoms with Crippen LogP contribution in [0.3, 0.4) is 0 Å². The van der Waals surface area contributed by atoms with E-state index in [0.717, 1.165) is 0 Å². The third-order valence-electron chi connectivity index (χ3n) is 2.42. The fraction of sp³-hybridized carbons (Fsp3) is 0.250. The van der Waals surface area contributed by atoms with Crippen molar-refractivity contribution in [2.45, 2.75) is 18.7 Å². The van der Waals surface area contributed by atoms with Gasteiger partial charge in [0.1, 0.15) is 0 Å². The highest BCUT2D eigenvalue weighted by molar-refractivity contribution is 8.03. The quantitative estimate of drug-likeness (QED) is 0.362. The molecule has 8 heteroatoms. The predicted octanol–water partition coefficient (Wildman–Crippen LogP) is 3.52. The third-order valence-corrected chi connectivity index (χ3v) is 3.48. The van der Waals surface area contributed by atoms with E-state index in [0.29, 0.717) is 11.8 Å². The maximum Gasteiger partial charge on any atom is 0.375 e. The van der Waals surface area contributed by atoms with Crippen molar-refractivity contribution in [3.8, 4) is 5.75 Å². The molecule has 1 heterocycles. The first-order valence-electron chi connectivity index (χ1n) is 5.48. The van der Waals surface area contributed by atoms with Crippen LogP contribution in [0.1, 0.15) is 13.8 Å². The Balaban J connectivity index is 2.52. The lowest BCUT2D eigenvalue weighted by atomic mass is 10.2. The van der Waals surface area contributed by atoms with Gasteiger partial charge in [0.15, 0.2) is 17.4 Å². The van der Waals surface area contributed by atoms with Gasteiger partial charge in [-0.1, -0.05) is 11.8 Å². The molecule has 1 aromatic rings. The first-order valence-corrected chi connectivity index (χ1v) is 6.29. The number of benzene rings is 1. The van der Waals surface area contributed by atoms with Crippen LogP contribution in [0.4, 0.5) is 17.6 Å². The van der Waals surface area contributed by atoms with Gasteiger partial charge in [0, 0.05) is 4.91 Å². The number of rotatable bonds is 2. The summed E-state index contributed by atoms with van der Waals surface area (Å²) in [6.07, 6.45) is 0. The number of carbonyl (C=O) groups is 1. The van der Waals surface area contributed by atoms with Crippen molar-refractivity contribution in [2.24, 2.45) is 0 Å². The largest absolute Gasteiger partial charge is 0.460 e. The molecule has 1 aliphatic heterocycles. The van der Waals surface area contributed by atoms with Gasteiger partial charge < -0.3 is 9.47 Å². The Morgan fingerprint density at radius 1 is 1.15 bits per heavy atom. The molecule has 0 unspecified atom stereocenters. The van der Waals surface area contributed by atoms with Crippen LogP contribution in [0.25, 0.3) is 0 Å². The fourth-order valence-corrected chi connectivity index (χ4v) is 2.46. The molecule has 0 fully saturated rings. The summed E-state index contributed by atoms with van der Waals surface area (Å²) >= 11 is 0.570. The van der Waals surface area contributed by atoms with Gasteiger partial charge in [0.05, 0.1) is 11.5 Å². The number of fused-ring (bicyclic) bond motifs is 1. The monoisotopic (exact) mass is 308 g/mol. The maximum absolute atomic E-state index is 13.6. The summed E-state index contributed by atoms with van der Waals surface area (Å²) in [5, 5.41) is 0. The lowest BCUT2D eigenvalue weighted by molar-refractivity contribution is -0.141. The van der Waals surface area contributed by atoms with Crippen molar-refractivity contribution < 1.29 is 31.8 Å². The van der Waals surface area contributed by atoms with Gasteiger partial charge in [-0.3, -0.25) is 0 Å². The van der Waals surface area contributed by atoms with Gasteiger partial charge in [-0.05, 0) is 13.8 Å². The van der Waals surface area contributed by atoms with Gasteiger partial charge in [0.2, 0.25) is 17.4 Å². The van der Waals surface area contributed by atoms with Gasteiger partial charge in [-0.25, -0.2) is 18.0 Å². The summed E-state index contributed by atoms with van der Waals surface area (Å²) in [4.78, 5) is 11.2. The van der Waals surface area contributed by atoms with Gasteiger partial charge in [-0.2, -0.15) is 4.39 Å². The number of halogens is 4. The SMILES string of the molecule is CCOC(=O)C1=C(C)Sc2c(F)c(F)c(F)c(F)c2O1. The molecule has 0 bridgehead atoms. The van der Waals surface area contributed by atoms with E-state index in [9.17, 15) is 22.4 Å². The van der Waals surface area contributed by atoms with Crippen molar-refractivity contribution >= 4 is 17.7 Å². The Labute approximate surface area is 115 Å². The number of ether oxygens (including phenoxy) is 2. The number of thioether (sulfide) groups is 1. The summed E-state index contributed by atoms with van der Waals surface area (Å²) in [5.41, 5.74) is 0. The van der Waals surface area contributed by atoms with Gasteiger partial charge in [-0.15, -0.1) is 0 Å². The van der Waals surface area contributed by atoms with Gasteiger partial charge in [0.25, 0.3) is 0 Å². The third kappa shape index (κ3) is 2.24. The zero-order valence-corrected chi connectivity index (χ0v) is 11.2. The van der Waals surface area contributed by atoms with Crippen LogP contribution in [0.15, 0.2) is 15.6 Å². The van der Waals surface area contributed by atoms with Crippen LogP contribution in [0.5, 0.6) is 5.75 Å². The van der Waals surface area contributed by atoms with Crippen molar-refractivity contribution in [2.75, 3.05) is 6.61 Å². The van der Waals surface area contributed by atoms with E-state index in [2.05, 4.69) is 4.74 Å². The zero-order chi connectivity index (χ0) is 15.0. The van der Waals surface area contributed by atoms with E-state index in [1.807, 2.05) is 0 Å². The van der Waals surface area contributed by atoms with E-state index in [-0.39, 0.29) is 17.3 Å².